The van der Waals surface area contributed by atoms with E-state index in [4.69, 9.17) is 4.74 Å². The summed E-state index contributed by atoms with van der Waals surface area (Å²) in [6.45, 7) is 8.30. The smallest absolute Gasteiger partial charge is 0.488 e. The molecule has 1 aromatic rings. The Morgan fingerprint density at radius 1 is 1.15 bits per heavy atom. The van der Waals surface area contributed by atoms with Gasteiger partial charge in [0.2, 0.25) is 0 Å². The average molecular weight is 278 g/mol. The minimum Gasteiger partial charge on any atom is -0.496 e. The van der Waals surface area contributed by atoms with Crippen LogP contribution in [-0.4, -0.2) is 66.8 Å². The Bertz CT molecular complexity index is 434. The van der Waals surface area contributed by atoms with Gasteiger partial charge in [-0.1, -0.05) is 19.1 Å². The van der Waals surface area contributed by atoms with Gasteiger partial charge in [-0.2, -0.15) is 0 Å². The van der Waals surface area contributed by atoms with Gasteiger partial charge in [0.15, 0.2) is 0 Å². The first-order chi connectivity index (χ1) is 9.63. The maximum Gasteiger partial charge on any atom is 0.488 e. The number of methoxy groups -OCH3 is 1. The zero-order chi connectivity index (χ0) is 14.5. The van der Waals surface area contributed by atoms with E-state index in [9.17, 15) is 10.0 Å². The number of likely N-dealkylation sites (N-methyl/N-ethyl adjacent to an activating group) is 1. The van der Waals surface area contributed by atoms with Crippen LogP contribution in [0.4, 0.5) is 0 Å². The van der Waals surface area contributed by atoms with Crippen molar-refractivity contribution in [2.45, 2.75) is 13.5 Å². The fourth-order valence-electron chi connectivity index (χ4n) is 2.59. The van der Waals surface area contributed by atoms with Gasteiger partial charge in [-0.25, -0.2) is 0 Å². The van der Waals surface area contributed by atoms with Crippen molar-refractivity contribution >= 4 is 12.6 Å². The molecule has 0 aliphatic carbocycles. The molecule has 0 spiro atoms. The van der Waals surface area contributed by atoms with Crippen LogP contribution in [0.15, 0.2) is 18.2 Å². The van der Waals surface area contributed by atoms with Crippen LogP contribution in [0, 0.1) is 0 Å². The summed E-state index contributed by atoms with van der Waals surface area (Å²) < 4.78 is 5.36. The lowest BCUT2D eigenvalue weighted by Gasteiger charge is -2.34. The zero-order valence-corrected chi connectivity index (χ0v) is 12.2. The molecule has 1 saturated heterocycles. The molecule has 1 aliphatic heterocycles. The van der Waals surface area contributed by atoms with Gasteiger partial charge >= 0.3 is 7.12 Å². The Hall–Kier alpha value is -1.08. The summed E-state index contributed by atoms with van der Waals surface area (Å²) in [5.41, 5.74) is 1.51. The predicted molar refractivity (Wildman–Crippen MR) is 80.2 cm³/mol. The number of rotatable bonds is 5. The molecular weight excluding hydrogens is 255 g/mol. The van der Waals surface area contributed by atoms with Gasteiger partial charge in [-0.15, -0.1) is 0 Å². The van der Waals surface area contributed by atoms with Crippen molar-refractivity contribution in [3.8, 4) is 5.75 Å². The maximum atomic E-state index is 9.28. The summed E-state index contributed by atoms with van der Waals surface area (Å²) in [5.74, 6) is 0.798. The molecular formula is C14H23BN2O3. The Labute approximate surface area is 120 Å². The van der Waals surface area contributed by atoms with E-state index in [-0.39, 0.29) is 0 Å². The van der Waals surface area contributed by atoms with Crippen LogP contribution in [0.25, 0.3) is 0 Å². The van der Waals surface area contributed by atoms with Crippen LogP contribution in [0.1, 0.15) is 12.5 Å². The van der Waals surface area contributed by atoms with E-state index in [0.717, 1.165) is 50.6 Å². The molecule has 0 bridgehead atoms. The second-order valence-electron chi connectivity index (χ2n) is 5.16. The number of hydrogen-bond donors (Lipinski definition) is 2. The molecule has 0 saturated carbocycles. The number of ether oxygens (including phenoxy) is 1. The Balaban J connectivity index is 2.06. The van der Waals surface area contributed by atoms with Crippen molar-refractivity contribution in [2.24, 2.45) is 0 Å². The predicted octanol–water partition coefficient (Wildman–Crippen LogP) is -0.487. The molecule has 1 aliphatic rings. The summed E-state index contributed by atoms with van der Waals surface area (Å²) in [6, 6.07) is 5.30. The zero-order valence-electron chi connectivity index (χ0n) is 12.2. The first-order valence-corrected chi connectivity index (χ1v) is 7.11. The van der Waals surface area contributed by atoms with Gasteiger partial charge in [0.05, 0.1) is 7.11 Å². The summed E-state index contributed by atoms with van der Waals surface area (Å²) in [4.78, 5) is 4.80. The van der Waals surface area contributed by atoms with Gasteiger partial charge in [0, 0.05) is 38.3 Å². The lowest BCUT2D eigenvalue weighted by Crippen LogP contribution is -2.45. The third kappa shape index (κ3) is 3.73. The van der Waals surface area contributed by atoms with Crippen LogP contribution in [0.5, 0.6) is 5.75 Å². The number of piperazine rings is 1. The van der Waals surface area contributed by atoms with Crippen LogP contribution >= 0.6 is 0 Å². The molecule has 0 unspecified atom stereocenters. The molecule has 110 valence electrons. The molecule has 0 atom stereocenters. The maximum absolute atomic E-state index is 9.28. The second-order valence-corrected chi connectivity index (χ2v) is 5.16. The van der Waals surface area contributed by atoms with Crippen molar-refractivity contribution in [1.82, 2.24) is 9.80 Å². The van der Waals surface area contributed by atoms with E-state index < -0.39 is 7.12 Å². The summed E-state index contributed by atoms with van der Waals surface area (Å²) in [7, 11) is 0.208. The SMILES string of the molecule is CCN1CCN(Cc2cc(B(O)O)ccc2OC)CC1. The van der Waals surface area contributed by atoms with E-state index in [1.165, 1.54) is 0 Å². The van der Waals surface area contributed by atoms with Gasteiger partial charge in [-0.3, -0.25) is 4.90 Å². The molecule has 2 N–H and O–H groups in total. The van der Waals surface area contributed by atoms with Gasteiger partial charge in [0.1, 0.15) is 5.75 Å². The number of nitrogens with zero attached hydrogens (tertiary/aromatic N) is 2. The van der Waals surface area contributed by atoms with E-state index in [1.54, 1.807) is 19.2 Å². The first kappa shape index (κ1) is 15.3. The van der Waals surface area contributed by atoms with E-state index in [2.05, 4.69) is 16.7 Å². The van der Waals surface area contributed by atoms with Crippen molar-refractivity contribution in [3.63, 3.8) is 0 Å². The largest absolute Gasteiger partial charge is 0.496 e. The average Bonchev–Trinajstić information content (AvgIpc) is 2.48. The molecule has 0 radical (unpaired) electrons. The quantitative estimate of drug-likeness (QED) is 0.712. The van der Waals surface area contributed by atoms with Gasteiger partial charge in [-0.05, 0) is 18.1 Å². The van der Waals surface area contributed by atoms with Gasteiger partial charge < -0.3 is 19.7 Å². The normalized spacial score (nSPS) is 17.2. The molecule has 20 heavy (non-hydrogen) atoms. The molecule has 1 aromatic carbocycles. The standard InChI is InChI=1S/C14H23BN2O3/c1-3-16-6-8-17(9-7-16)11-12-10-13(15(18)19)4-5-14(12)20-2/h4-5,10,18-19H,3,6-9,11H2,1-2H3. The fourth-order valence-corrected chi connectivity index (χ4v) is 2.59. The van der Waals surface area contributed by atoms with E-state index in [0.29, 0.717) is 5.46 Å². The monoisotopic (exact) mass is 278 g/mol. The lowest BCUT2D eigenvalue weighted by molar-refractivity contribution is 0.131. The highest BCUT2D eigenvalue weighted by atomic mass is 16.5. The summed E-state index contributed by atoms with van der Waals surface area (Å²) >= 11 is 0. The third-order valence-electron chi connectivity index (χ3n) is 3.91. The molecule has 1 heterocycles. The summed E-state index contributed by atoms with van der Waals surface area (Å²) in [6.07, 6.45) is 0. The van der Waals surface area contributed by atoms with Crippen LogP contribution in [0.3, 0.4) is 0 Å². The van der Waals surface area contributed by atoms with Crippen LogP contribution in [0.2, 0.25) is 0 Å². The minimum absolute atomic E-state index is 0.507. The number of hydrogen-bond acceptors (Lipinski definition) is 5. The molecule has 1 fully saturated rings. The van der Waals surface area contributed by atoms with Gasteiger partial charge in [0.25, 0.3) is 0 Å². The Kier molecular flexibility index (Phi) is 5.42. The van der Waals surface area contributed by atoms with Crippen molar-refractivity contribution in [3.05, 3.63) is 23.8 Å². The van der Waals surface area contributed by atoms with E-state index >= 15 is 0 Å². The molecule has 6 heteroatoms. The highest BCUT2D eigenvalue weighted by molar-refractivity contribution is 6.58. The molecule has 5 nitrogen and oxygen atoms in total. The van der Waals surface area contributed by atoms with E-state index in [1.807, 2.05) is 6.07 Å². The first-order valence-electron chi connectivity index (χ1n) is 7.11. The second kappa shape index (κ2) is 7.08. The van der Waals surface area contributed by atoms with Crippen LogP contribution < -0.4 is 10.2 Å². The number of benzene rings is 1. The molecule has 0 aromatic heterocycles. The summed E-state index contributed by atoms with van der Waals surface area (Å²) in [5, 5.41) is 18.6. The van der Waals surface area contributed by atoms with Crippen molar-refractivity contribution in [1.29, 1.82) is 0 Å². The Morgan fingerprint density at radius 2 is 1.80 bits per heavy atom. The molecule has 2 rings (SSSR count). The molecule has 0 amide bonds. The minimum atomic E-state index is -1.43. The lowest BCUT2D eigenvalue weighted by atomic mass is 9.79. The Morgan fingerprint density at radius 3 is 2.35 bits per heavy atom. The fraction of sp³-hybridized carbons (Fsp3) is 0.571. The topological polar surface area (TPSA) is 56.2 Å². The van der Waals surface area contributed by atoms with Crippen molar-refractivity contribution in [2.75, 3.05) is 39.8 Å². The highest BCUT2D eigenvalue weighted by Gasteiger charge is 2.19. The third-order valence-corrected chi connectivity index (χ3v) is 3.91. The highest BCUT2D eigenvalue weighted by Crippen LogP contribution is 2.19. The van der Waals surface area contributed by atoms with Crippen LogP contribution in [-0.2, 0) is 6.54 Å². The van der Waals surface area contributed by atoms with Crippen molar-refractivity contribution < 1.29 is 14.8 Å².